The second-order valence-corrected chi connectivity index (χ2v) is 15.2. The van der Waals surface area contributed by atoms with E-state index in [9.17, 15) is 0 Å². The van der Waals surface area contributed by atoms with E-state index < -0.39 is 0 Å². The predicted octanol–water partition coefficient (Wildman–Crippen LogP) is 12.6. The fraction of sp³-hybridized carbons (Fsp3) is 0.415. The molecule has 0 amide bonds. The summed E-state index contributed by atoms with van der Waals surface area (Å²) < 4.78 is 0. The number of rotatable bonds is 12. The number of hydrogen-bond acceptors (Lipinski definition) is 2. The SMILES string of the molecule is CCCc1csc(C2=Cc3cccc(CCC)c3C2C(C)(C)C2C(c3cc(CCC)cs3)=Cc3cccc(CCC)c32)c1. The Morgan fingerprint density at radius 2 is 1.00 bits per heavy atom. The monoisotopic (exact) mass is 604 g/mol. The van der Waals surface area contributed by atoms with Crippen LogP contribution in [0.3, 0.4) is 0 Å². The summed E-state index contributed by atoms with van der Waals surface area (Å²) in [6, 6.07) is 19.2. The van der Waals surface area contributed by atoms with Gasteiger partial charge in [-0.15, -0.1) is 22.7 Å². The van der Waals surface area contributed by atoms with Gasteiger partial charge in [0.25, 0.3) is 0 Å². The Bertz CT molecular complexity index is 1530. The minimum absolute atomic E-state index is 0.0360. The average molecular weight is 605 g/mol. The third-order valence-electron chi connectivity index (χ3n) is 9.76. The van der Waals surface area contributed by atoms with Crippen LogP contribution in [0.2, 0.25) is 0 Å². The lowest BCUT2D eigenvalue weighted by molar-refractivity contribution is 0.302. The molecule has 6 rings (SSSR count). The molecule has 2 heteroatoms. The third kappa shape index (κ3) is 5.55. The van der Waals surface area contributed by atoms with Gasteiger partial charge in [0, 0.05) is 21.6 Å². The summed E-state index contributed by atoms with van der Waals surface area (Å²) >= 11 is 3.92. The van der Waals surface area contributed by atoms with Crippen LogP contribution >= 0.6 is 22.7 Å². The van der Waals surface area contributed by atoms with Crippen molar-refractivity contribution in [1.29, 1.82) is 0 Å². The van der Waals surface area contributed by atoms with Crippen molar-refractivity contribution < 1.29 is 0 Å². The molecule has 2 atom stereocenters. The molecule has 2 aliphatic rings. The van der Waals surface area contributed by atoms with E-state index >= 15 is 0 Å². The van der Waals surface area contributed by atoms with Crippen molar-refractivity contribution in [1.82, 2.24) is 0 Å². The zero-order valence-corrected chi connectivity index (χ0v) is 28.7. The molecule has 0 aliphatic heterocycles. The lowest BCUT2D eigenvalue weighted by Crippen LogP contribution is -2.31. The van der Waals surface area contributed by atoms with E-state index in [-0.39, 0.29) is 5.41 Å². The average Bonchev–Trinajstić information content (AvgIpc) is 3.78. The van der Waals surface area contributed by atoms with Crippen LogP contribution in [-0.4, -0.2) is 0 Å². The molecule has 0 spiro atoms. The maximum Gasteiger partial charge on any atom is 0.0311 e. The highest BCUT2D eigenvalue weighted by Gasteiger charge is 2.49. The topological polar surface area (TPSA) is 0 Å². The van der Waals surface area contributed by atoms with Crippen LogP contribution in [0.1, 0.15) is 133 Å². The highest BCUT2D eigenvalue weighted by Crippen LogP contribution is 2.63. The largest absolute Gasteiger partial charge is 0.144 e. The molecular weight excluding hydrogens is 557 g/mol. The van der Waals surface area contributed by atoms with Gasteiger partial charge in [0.1, 0.15) is 0 Å². The van der Waals surface area contributed by atoms with Crippen LogP contribution in [0.25, 0.3) is 23.3 Å². The van der Waals surface area contributed by atoms with Gasteiger partial charge < -0.3 is 0 Å². The van der Waals surface area contributed by atoms with Crippen molar-refractivity contribution in [2.45, 2.75) is 105 Å². The van der Waals surface area contributed by atoms with Crippen LogP contribution in [0.15, 0.2) is 59.3 Å². The summed E-state index contributed by atoms with van der Waals surface area (Å²) in [6.07, 6.45) is 14.4. The van der Waals surface area contributed by atoms with E-state index in [1.165, 1.54) is 68.8 Å². The van der Waals surface area contributed by atoms with Crippen molar-refractivity contribution in [2.75, 3.05) is 0 Å². The van der Waals surface area contributed by atoms with Crippen molar-refractivity contribution in [3.63, 3.8) is 0 Å². The van der Waals surface area contributed by atoms with E-state index in [2.05, 4.69) is 113 Å². The van der Waals surface area contributed by atoms with Gasteiger partial charge in [0.15, 0.2) is 0 Å². The molecule has 0 fully saturated rings. The van der Waals surface area contributed by atoms with Gasteiger partial charge in [-0.1, -0.05) is 104 Å². The van der Waals surface area contributed by atoms with Crippen LogP contribution in [0.4, 0.5) is 0 Å². The Labute approximate surface area is 268 Å². The molecular formula is C41H48S2. The summed E-state index contributed by atoms with van der Waals surface area (Å²) in [5, 5.41) is 4.83. The second-order valence-electron chi connectivity index (χ2n) is 13.4. The molecule has 2 heterocycles. The molecule has 2 unspecified atom stereocenters. The molecule has 0 bridgehead atoms. The lowest BCUT2D eigenvalue weighted by atomic mass is 9.61. The maximum atomic E-state index is 2.60. The molecule has 0 nitrogen and oxygen atoms in total. The minimum atomic E-state index is -0.0360. The smallest absolute Gasteiger partial charge is 0.0311 e. The Balaban J connectivity index is 1.55. The first-order chi connectivity index (χ1) is 20.9. The maximum absolute atomic E-state index is 2.60. The molecule has 224 valence electrons. The second kappa shape index (κ2) is 12.7. The molecule has 2 aromatic heterocycles. The van der Waals surface area contributed by atoms with Gasteiger partial charge in [-0.05, 0) is 122 Å². The number of fused-ring (bicyclic) bond motifs is 2. The standard InChI is InChI=1S/C41H48S2/c1-7-13-27-21-35(42-25-27)33-23-31-19-11-17-29(15-9-3)37(31)39(33)41(5,6)40-34(36-22-28(14-8-2)26-43-36)24-32-20-12-18-30(16-10-4)38(32)40/h11-12,17-26,39-40H,7-10,13-16H2,1-6H3. The molecule has 0 N–H and O–H groups in total. The van der Waals surface area contributed by atoms with Crippen LogP contribution in [0, 0.1) is 5.41 Å². The van der Waals surface area contributed by atoms with Crippen LogP contribution in [-0.2, 0) is 25.7 Å². The molecule has 4 aromatic rings. The molecule has 2 aliphatic carbocycles. The van der Waals surface area contributed by atoms with Crippen molar-refractivity contribution in [3.05, 3.63) is 114 Å². The van der Waals surface area contributed by atoms with Crippen LogP contribution < -0.4 is 0 Å². The molecule has 2 aromatic carbocycles. The first kappa shape index (κ1) is 30.4. The van der Waals surface area contributed by atoms with E-state index in [0.717, 1.165) is 25.7 Å². The molecule has 0 saturated heterocycles. The highest BCUT2D eigenvalue weighted by atomic mass is 32.1. The van der Waals surface area contributed by atoms with E-state index in [1.54, 1.807) is 22.3 Å². The van der Waals surface area contributed by atoms with Gasteiger partial charge in [-0.25, -0.2) is 0 Å². The van der Waals surface area contributed by atoms with Crippen LogP contribution in [0.5, 0.6) is 0 Å². The summed E-state index contributed by atoms with van der Waals surface area (Å²) in [4.78, 5) is 2.93. The lowest BCUT2D eigenvalue weighted by Gasteiger charge is -2.42. The number of aryl methyl sites for hydroxylation is 4. The Kier molecular flexibility index (Phi) is 8.99. The third-order valence-corrected chi connectivity index (χ3v) is 11.8. The first-order valence-electron chi connectivity index (χ1n) is 16.7. The van der Waals surface area contributed by atoms with Crippen molar-refractivity contribution in [3.8, 4) is 0 Å². The Morgan fingerprint density at radius 3 is 1.40 bits per heavy atom. The van der Waals surface area contributed by atoms with Gasteiger partial charge in [-0.3, -0.25) is 0 Å². The fourth-order valence-electron chi connectivity index (χ4n) is 8.04. The zero-order valence-electron chi connectivity index (χ0n) is 27.1. The normalized spacial score (nSPS) is 17.6. The van der Waals surface area contributed by atoms with Gasteiger partial charge in [0.05, 0.1) is 0 Å². The first-order valence-corrected chi connectivity index (χ1v) is 18.5. The summed E-state index contributed by atoms with van der Waals surface area (Å²) in [7, 11) is 0. The van der Waals surface area contributed by atoms with E-state index in [0.29, 0.717) is 11.8 Å². The predicted molar refractivity (Wildman–Crippen MR) is 193 cm³/mol. The zero-order chi connectivity index (χ0) is 30.1. The molecule has 0 radical (unpaired) electrons. The van der Waals surface area contributed by atoms with Gasteiger partial charge >= 0.3 is 0 Å². The van der Waals surface area contributed by atoms with E-state index in [4.69, 9.17) is 0 Å². The number of thiophene rings is 2. The summed E-state index contributed by atoms with van der Waals surface area (Å²) in [5.74, 6) is 0.671. The molecule has 43 heavy (non-hydrogen) atoms. The number of hydrogen-bond donors (Lipinski definition) is 0. The van der Waals surface area contributed by atoms with Gasteiger partial charge in [0.2, 0.25) is 0 Å². The van der Waals surface area contributed by atoms with Crippen molar-refractivity contribution >= 4 is 46.0 Å². The Hall–Kier alpha value is -2.68. The summed E-state index contributed by atoms with van der Waals surface area (Å²) in [6.45, 7) is 14.4. The van der Waals surface area contributed by atoms with E-state index in [1.807, 2.05) is 22.7 Å². The van der Waals surface area contributed by atoms with Gasteiger partial charge in [-0.2, -0.15) is 0 Å². The minimum Gasteiger partial charge on any atom is -0.144 e. The molecule has 0 saturated carbocycles. The Morgan fingerprint density at radius 1 is 0.581 bits per heavy atom. The van der Waals surface area contributed by atoms with Crippen molar-refractivity contribution in [2.24, 2.45) is 5.41 Å². The quantitative estimate of drug-likeness (QED) is 0.151. The summed E-state index contributed by atoms with van der Waals surface area (Å²) in [5.41, 5.74) is 15.2. The number of benzene rings is 2. The fourth-order valence-corrected chi connectivity index (χ4v) is 10.0. The number of allylic oxidation sites excluding steroid dienone is 2. The highest BCUT2D eigenvalue weighted by molar-refractivity contribution is 7.11.